The van der Waals surface area contributed by atoms with Gasteiger partial charge in [-0.3, -0.25) is 4.79 Å². The van der Waals surface area contributed by atoms with Crippen molar-refractivity contribution < 1.29 is 9.53 Å². The van der Waals surface area contributed by atoms with Crippen LogP contribution in [0.25, 0.3) is 0 Å². The first-order valence-electron chi connectivity index (χ1n) is 7.26. The Morgan fingerprint density at radius 3 is 2.60 bits per heavy atom. The molecule has 0 aliphatic carbocycles. The fraction of sp³-hybridized carbons (Fsp3) is 0.562. The van der Waals surface area contributed by atoms with Crippen LogP contribution in [0.4, 0.5) is 0 Å². The molecule has 4 heteroatoms. The normalized spacial score (nSPS) is 28.5. The van der Waals surface area contributed by atoms with Crippen LogP contribution < -0.4 is 4.74 Å². The predicted octanol–water partition coefficient (Wildman–Crippen LogP) is 3.15. The summed E-state index contributed by atoms with van der Waals surface area (Å²) in [5.41, 5.74) is 0.986. The van der Waals surface area contributed by atoms with Crippen molar-refractivity contribution in [2.75, 3.05) is 7.11 Å². The molecule has 2 unspecified atom stereocenters. The number of hydrogen-bond donors (Lipinski definition) is 0. The molecule has 3 nitrogen and oxygen atoms in total. The van der Waals surface area contributed by atoms with Gasteiger partial charge in [0.25, 0.3) is 0 Å². The number of para-hydroxylation sites is 1. The highest BCUT2D eigenvalue weighted by atomic mass is 79.9. The number of ether oxygens (including phenoxy) is 1. The molecule has 0 saturated carbocycles. The predicted molar refractivity (Wildman–Crippen MR) is 82.3 cm³/mol. The first-order valence-corrected chi connectivity index (χ1v) is 8.17. The number of rotatable bonds is 3. The van der Waals surface area contributed by atoms with E-state index in [1.54, 1.807) is 7.11 Å². The minimum absolute atomic E-state index is 0.251. The fourth-order valence-corrected chi connectivity index (χ4v) is 4.48. The molecule has 0 N–H and O–H groups in total. The van der Waals surface area contributed by atoms with E-state index in [9.17, 15) is 4.79 Å². The maximum Gasteiger partial charge on any atom is 0.227 e. The van der Waals surface area contributed by atoms with Crippen molar-refractivity contribution in [3.8, 4) is 5.75 Å². The van der Waals surface area contributed by atoms with Gasteiger partial charge in [-0.2, -0.15) is 0 Å². The number of halogens is 1. The van der Waals surface area contributed by atoms with Crippen LogP contribution in [0.5, 0.6) is 5.75 Å². The zero-order valence-corrected chi connectivity index (χ0v) is 13.3. The van der Waals surface area contributed by atoms with Crippen LogP contribution in [0, 0.1) is 0 Å². The molecular weight excluding hydrogens is 318 g/mol. The second-order valence-electron chi connectivity index (χ2n) is 5.74. The van der Waals surface area contributed by atoms with E-state index in [1.807, 2.05) is 24.3 Å². The molecule has 2 aliphatic heterocycles. The van der Waals surface area contributed by atoms with Gasteiger partial charge in [0, 0.05) is 22.5 Å². The summed E-state index contributed by atoms with van der Waals surface area (Å²) in [6, 6.07) is 8.66. The molecule has 3 rings (SSSR count). The summed E-state index contributed by atoms with van der Waals surface area (Å²) < 4.78 is 5.34. The third-order valence-electron chi connectivity index (χ3n) is 4.50. The summed E-state index contributed by atoms with van der Waals surface area (Å²) in [5.74, 6) is 1.06. The molecule has 2 bridgehead atoms. The van der Waals surface area contributed by atoms with Crippen molar-refractivity contribution in [1.29, 1.82) is 0 Å². The van der Waals surface area contributed by atoms with E-state index in [0.29, 0.717) is 23.3 Å². The van der Waals surface area contributed by atoms with Gasteiger partial charge in [-0.15, -0.1) is 0 Å². The van der Waals surface area contributed by atoms with Crippen molar-refractivity contribution in [2.45, 2.75) is 49.0 Å². The smallest absolute Gasteiger partial charge is 0.227 e. The van der Waals surface area contributed by atoms with Crippen LogP contribution in [0.2, 0.25) is 0 Å². The molecule has 0 aromatic heterocycles. The Labute approximate surface area is 128 Å². The number of nitrogens with zero attached hydrogens (tertiary/aromatic N) is 1. The van der Waals surface area contributed by atoms with E-state index in [4.69, 9.17) is 4.74 Å². The number of amides is 1. The van der Waals surface area contributed by atoms with Gasteiger partial charge in [0.2, 0.25) is 5.91 Å². The third kappa shape index (κ3) is 2.58. The molecule has 2 saturated heterocycles. The van der Waals surface area contributed by atoms with E-state index < -0.39 is 0 Å². The summed E-state index contributed by atoms with van der Waals surface area (Å²) in [5, 5.41) is 0. The quantitative estimate of drug-likeness (QED) is 0.793. The lowest BCUT2D eigenvalue weighted by atomic mass is 10.0. The monoisotopic (exact) mass is 337 g/mol. The SMILES string of the molecule is COc1ccccc1CC(=O)N1C2CCC1CC(Br)C2. The van der Waals surface area contributed by atoms with Gasteiger partial charge in [0.15, 0.2) is 0 Å². The Bertz CT molecular complexity index is 491. The second-order valence-corrected chi connectivity index (χ2v) is 7.04. The Kier molecular flexibility index (Phi) is 4.01. The molecule has 108 valence electrons. The molecule has 1 aromatic rings. The number of methoxy groups -OCH3 is 1. The van der Waals surface area contributed by atoms with Crippen LogP contribution >= 0.6 is 15.9 Å². The Morgan fingerprint density at radius 1 is 1.30 bits per heavy atom. The summed E-state index contributed by atoms with van der Waals surface area (Å²) in [6.45, 7) is 0. The van der Waals surface area contributed by atoms with Crippen LogP contribution in [-0.4, -0.2) is 34.8 Å². The van der Waals surface area contributed by atoms with Gasteiger partial charge >= 0.3 is 0 Å². The first kappa shape index (κ1) is 13.9. The molecular formula is C16H20BrNO2. The molecule has 2 atom stereocenters. The van der Waals surface area contributed by atoms with Crippen LogP contribution in [-0.2, 0) is 11.2 Å². The lowest BCUT2D eigenvalue weighted by Gasteiger charge is -2.37. The van der Waals surface area contributed by atoms with E-state index in [2.05, 4.69) is 20.8 Å². The van der Waals surface area contributed by atoms with Crippen molar-refractivity contribution in [3.63, 3.8) is 0 Å². The Balaban J connectivity index is 1.74. The maximum atomic E-state index is 12.7. The minimum Gasteiger partial charge on any atom is -0.496 e. The van der Waals surface area contributed by atoms with Gasteiger partial charge in [-0.1, -0.05) is 34.1 Å². The number of fused-ring (bicyclic) bond motifs is 2. The molecule has 2 heterocycles. The second kappa shape index (κ2) is 5.76. The fourth-order valence-electron chi connectivity index (χ4n) is 3.62. The van der Waals surface area contributed by atoms with Gasteiger partial charge in [-0.05, 0) is 31.7 Å². The number of piperidine rings is 1. The van der Waals surface area contributed by atoms with Crippen LogP contribution in [0.3, 0.4) is 0 Å². The standard InChI is InChI=1S/C16H20BrNO2/c1-20-15-5-3-2-4-11(15)8-16(19)18-13-6-7-14(18)10-12(17)9-13/h2-5,12-14H,6-10H2,1H3. The van der Waals surface area contributed by atoms with Crippen molar-refractivity contribution in [1.82, 2.24) is 4.90 Å². The Hall–Kier alpha value is -1.03. The molecule has 1 aromatic carbocycles. The van der Waals surface area contributed by atoms with Crippen LogP contribution in [0.1, 0.15) is 31.2 Å². The Morgan fingerprint density at radius 2 is 1.95 bits per heavy atom. The highest BCUT2D eigenvalue weighted by molar-refractivity contribution is 9.09. The van der Waals surface area contributed by atoms with E-state index in [0.717, 1.165) is 37.0 Å². The number of benzene rings is 1. The van der Waals surface area contributed by atoms with Gasteiger partial charge in [0.1, 0.15) is 5.75 Å². The summed E-state index contributed by atoms with van der Waals surface area (Å²) in [6.07, 6.45) is 4.95. The lowest BCUT2D eigenvalue weighted by Crippen LogP contribution is -2.47. The number of alkyl halides is 1. The van der Waals surface area contributed by atoms with E-state index in [-0.39, 0.29) is 5.91 Å². The first-order chi connectivity index (χ1) is 9.69. The summed E-state index contributed by atoms with van der Waals surface area (Å²) in [7, 11) is 1.66. The largest absolute Gasteiger partial charge is 0.496 e. The summed E-state index contributed by atoms with van der Waals surface area (Å²) >= 11 is 3.72. The van der Waals surface area contributed by atoms with Crippen LogP contribution in [0.15, 0.2) is 24.3 Å². The average molecular weight is 338 g/mol. The zero-order valence-electron chi connectivity index (χ0n) is 11.7. The molecule has 20 heavy (non-hydrogen) atoms. The minimum atomic E-state index is 0.251. The zero-order chi connectivity index (χ0) is 14.1. The highest BCUT2D eigenvalue weighted by Gasteiger charge is 2.42. The van der Waals surface area contributed by atoms with Gasteiger partial charge in [0.05, 0.1) is 13.5 Å². The number of hydrogen-bond acceptors (Lipinski definition) is 2. The number of carbonyl (C=O) groups excluding carboxylic acids is 1. The van der Waals surface area contributed by atoms with E-state index >= 15 is 0 Å². The van der Waals surface area contributed by atoms with Crippen molar-refractivity contribution in [3.05, 3.63) is 29.8 Å². The summed E-state index contributed by atoms with van der Waals surface area (Å²) in [4.78, 5) is 15.4. The molecule has 0 spiro atoms. The lowest BCUT2D eigenvalue weighted by molar-refractivity contribution is -0.134. The molecule has 2 aliphatic rings. The van der Waals surface area contributed by atoms with Crippen molar-refractivity contribution >= 4 is 21.8 Å². The third-order valence-corrected chi connectivity index (χ3v) is 5.25. The molecule has 2 fully saturated rings. The van der Waals surface area contributed by atoms with E-state index in [1.165, 1.54) is 0 Å². The maximum absolute atomic E-state index is 12.7. The molecule has 1 amide bonds. The number of carbonyl (C=O) groups is 1. The average Bonchev–Trinajstić information content (AvgIpc) is 2.72. The van der Waals surface area contributed by atoms with Crippen molar-refractivity contribution in [2.24, 2.45) is 0 Å². The highest BCUT2D eigenvalue weighted by Crippen LogP contribution is 2.39. The molecule has 0 radical (unpaired) electrons. The topological polar surface area (TPSA) is 29.5 Å². The van der Waals surface area contributed by atoms with Gasteiger partial charge in [-0.25, -0.2) is 0 Å². The van der Waals surface area contributed by atoms with Gasteiger partial charge < -0.3 is 9.64 Å².